The number of hydrogen-bond donors (Lipinski definition) is 0. The molecule has 5 heteroatoms. The van der Waals surface area contributed by atoms with Crippen LogP contribution in [0.15, 0.2) is 35.2 Å². The highest BCUT2D eigenvalue weighted by atomic mass is 79.9. The summed E-state index contributed by atoms with van der Waals surface area (Å²) in [6.07, 6.45) is 6.06. The minimum atomic E-state index is 0.623. The van der Waals surface area contributed by atoms with Crippen LogP contribution in [-0.2, 0) is 13.5 Å². The Bertz CT molecular complexity index is 470. The Morgan fingerprint density at radius 3 is 3.00 bits per heavy atom. The molecule has 2 heterocycles. The monoisotopic (exact) mass is 281 g/mol. The molecule has 0 spiro atoms. The van der Waals surface area contributed by atoms with E-state index in [2.05, 4.69) is 26.0 Å². The van der Waals surface area contributed by atoms with Crippen molar-refractivity contribution >= 4 is 15.9 Å². The van der Waals surface area contributed by atoms with Gasteiger partial charge in [0.25, 0.3) is 0 Å². The average molecular weight is 282 g/mol. The Morgan fingerprint density at radius 2 is 2.31 bits per heavy atom. The summed E-state index contributed by atoms with van der Waals surface area (Å²) < 4.78 is 8.35. The highest BCUT2D eigenvalue weighted by Crippen LogP contribution is 2.15. The Labute approximate surface area is 102 Å². The Morgan fingerprint density at radius 1 is 1.44 bits per heavy atom. The number of pyridine rings is 1. The lowest BCUT2D eigenvalue weighted by Crippen LogP contribution is -2.06. The van der Waals surface area contributed by atoms with Crippen molar-refractivity contribution < 1.29 is 4.74 Å². The van der Waals surface area contributed by atoms with Crippen molar-refractivity contribution in [3.63, 3.8) is 0 Å². The number of aromatic nitrogens is 3. The Kier molecular flexibility index (Phi) is 3.56. The first kappa shape index (κ1) is 11.1. The Balaban J connectivity index is 1.87. The summed E-state index contributed by atoms with van der Waals surface area (Å²) in [5.41, 5.74) is 1.16. The van der Waals surface area contributed by atoms with E-state index < -0.39 is 0 Å². The van der Waals surface area contributed by atoms with Crippen molar-refractivity contribution in [3.05, 3.63) is 40.9 Å². The SMILES string of the molecule is Cn1nccc1CCOc1cncc(Br)c1. The fourth-order valence-electron chi connectivity index (χ4n) is 1.39. The number of nitrogens with zero attached hydrogens (tertiary/aromatic N) is 3. The lowest BCUT2D eigenvalue weighted by molar-refractivity contribution is 0.317. The van der Waals surface area contributed by atoms with Gasteiger partial charge in [-0.2, -0.15) is 5.10 Å². The molecule has 0 radical (unpaired) electrons. The highest BCUT2D eigenvalue weighted by molar-refractivity contribution is 9.10. The second-order valence-corrected chi connectivity index (χ2v) is 4.30. The summed E-state index contributed by atoms with van der Waals surface area (Å²) >= 11 is 3.35. The summed E-state index contributed by atoms with van der Waals surface area (Å²) in [6.45, 7) is 0.623. The molecule has 2 rings (SSSR count). The maximum Gasteiger partial charge on any atom is 0.138 e. The number of halogens is 1. The van der Waals surface area contributed by atoms with E-state index in [0.717, 1.165) is 22.3 Å². The van der Waals surface area contributed by atoms with Crippen LogP contribution in [0.2, 0.25) is 0 Å². The maximum absolute atomic E-state index is 5.58. The molecule has 0 fully saturated rings. The Hall–Kier alpha value is -1.36. The van der Waals surface area contributed by atoms with Crippen LogP contribution in [0.4, 0.5) is 0 Å². The summed E-state index contributed by atoms with van der Waals surface area (Å²) in [4.78, 5) is 4.03. The maximum atomic E-state index is 5.58. The second-order valence-electron chi connectivity index (χ2n) is 3.38. The van der Waals surface area contributed by atoms with Crippen LogP contribution in [0, 0.1) is 0 Å². The molecule has 0 N–H and O–H groups in total. The smallest absolute Gasteiger partial charge is 0.138 e. The standard InChI is InChI=1S/C11H12BrN3O/c1-15-10(2-4-14-15)3-5-16-11-6-9(12)7-13-8-11/h2,4,6-8H,3,5H2,1H3. The van der Waals surface area contributed by atoms with Crippen molar-refractivity contribution in [2.24, 2.45) is 7.05 Å². The van der Waals surface area contributed by atoms with Gasteiger partial charge in [-0.05, 0) is 28.1 Å². The van der Waals surface area contributed by atoms with Crippen LogP contribution >= 0.6 is 15.9 Å². The fourth-order valence-corrected chi connectivity index (χ4v) is 1.74. The van der Waals surface area contributed by atoms with Crippen LogP contribution in [0.1, 0.15) is 5.69 Å². The summed E-state index contributed by atoms with van der Waals surface area (Å²) in [7, 11) is 1.93. The van der Waals surface area contributed by atoms with Crippen molar-refractivity contribution in [2.45, 2.75) is 6.42 Å². The van der Waals surface area contributed by atoms with E-state index >= 15 is 0 Å². The zero-order valence-electron chi connectivity index (χ0n) is 8.93. The van der Waals surface area contributed by atoms with Gasteiger partial charge in [-0.25, -0.2) is 0 Å². The third-order valence-corrected chi connectivity index (χ3v) is 2.66. The van der Waals surface area contributed by atoms with Crippen LogP contribution in [0.25, 0.3) is 0 Å². The normalized spacial score (nSPS) is 10.4. The van der Waals surface area contributed by atoms with Crippen LogP contribution in [0.3, 0.4) is 0 Å². The van der Waals surface area contributed by atoms with Crippen molar-refractivity contribution in [1.29, 1.82) is 0 Å². The molecule has 0 aliphatic carbocycles. The molecule has 84 valence electrons. The highest BCUT2D eigenvalue weighted by Gasteiger charge is 2.00. The van der Waals surface area contributed by atoms with Gasteiger partial charge in [0.05, 0.1) is 12.8 Å². The molecule has 4 nitrogen and oxygen atoms in total. The van der Waals surface area contributed by atoms with E-state index in [1.165, 1.54) is 0 Å². The molecule has 0 unspecified atom stereocenters. The van der Waals surface area contributed by atoms with Gasteiger partial charge in [0, 0.05) is 36.0 Å². The molecule has 0 saturated carbocycles. The first-order valence-corrected chi connectivity index (χ1v) is 5.75. The van der Waals surface area contributed by atoms with Crippen molar-refractivity contribution in [1.82, 2.24) is 14.8 Å². The molecule has 0 bridgehead atoms. The van der Waals surface area contributed by atoms with E-state index in [0.29, 0.717) is 6.61 Å². The summed E-state index contributed by atoms with van der Waals surface area (Å²) in [5, 5.41) is 4.10. The second kappa shape index (κ2) is 5.12. The van der Waals surface area contributed by atoms with Gasteiger partial charge in [0.1, 0.15) is 5.75 Å². The zero-order chi connectivity index (χ0) is 11.4. The van der Waals surface area contributed by atoms with Gasteiger partial charge in [-0.3, -0.25) is 9.67 Å². The van der Waals surface area contributed by atoms with Gasteiger partial charge in [-0.1, -0.05) is 0 Å². The van der Waals surface area contributed by atoms with Crippen LogP contribution in [0.5, 0.6) is 5.75 Å². The number of rotatable bonds is 4. The molecule has 0 atom stereocenters. The van der Waals surface area contributed by atoms with E-state index in [1.54, 1.807) is 18.6 Å². The third-order valence-electron chi connectivity index (χ3n) is 2.23. The predicted molar refractivity (Wildman–Crippen MR) is 64.3 cm³/mol. The first-order chi connectivity index (χ1) is 7.75. The predicted octanol–water partition coefficient (Wildman–Crippen LogP) is 2.20. The van der Waals surface area contributed by atoms with E-state index in [4.69, 9.17) is 4.74 Å². The molecule has 0 amide bonds. The molecule has 0 aliphatic rings. The lowest BCUT2D eigenvalue weighted by atomic mass is 10.3. The molecule has 16 heavy (non-hydrogen) atoms. The first-order valence-electron chi connectivity index (χ1n) is 4.96. The molecule has 0 saturated heterocycles. The molecular formula is C11H12BrN3O. The molecule has 0 aromatic carbocycles. The third kappa shape index (κ3) is 2.82. The van der Waals surface area contributed by atoms with Crippen LogP contribution < -0.4 is 4.74 Å². The largest absolute Gasteiger partial charge is 0.492 e. The van der Waals surface area contributed by atoms with E-state index in [1.807, 2.05) is 23.9 Å². The average Bonchev–Trinajstić information content (AvgIpc) is 2.65. The van der Waals surface area contributed by atoms with Gasteiger partial charge in [-0.15, -0.1) is 0 Å². The molecule has 2 aromatic heterocycles. The van der Waals surface area contributed by atoms with Gasteiger partial charge in [0.15, 0.2) is 0 Å². The van der Waals surface area contributed by atoms with E-state index in [-0.39, 0.29) is 0 Å². The minimum absolute atomic E-state index is 0.623. The van der Waals surface area contributed by atoms with Gasteiger partial charge in [0.2, 0.25) is 0 Å². The van der Waals surface area contributed by atoms with Crippen molar-refractivity contribution in [2.75, 3.05) is 6.61 Å². The van der Waals surface area contributed by atoms with Gasteiger partial charge >= 0.3 is 0 Å². The lowest BCUT2D eigenvalue weighted by Gasteiger charge is -2.06. The quantitative estimate of drug-likeness (QED) is 0.863. The zero-order valence-corrected chi connectivity index (χ0v) is 10.5. The number of ether oxygens (including phenoxy) is 1. The fraction of sp³-hybridized carbons (Fsp3) is 0.273. The molecule has 0 aliphatic heterocycles. The molecule has 2 aromatic rings. The van der Waals surface area contributed by atoms with Gasteiger partial charge < -0.3 is 4.74 Å². The number of hydrogen-bond acceptors (Lipinski definition) is 3. The summed E-state index contributed by atoms with van der Waals surface area (Å²) in [5.74, 6) is 0.775. The van der Waals surface area contributed by atoms with Crippen molar-refractivity contribution in [3.8, 4) is 5.75 Å². The molecular weight excluding hydrogens is 270 g/mol. The van der Waals surface area contributed by atoms with Crippen LogP contribution in [-0.4, -0.2) is 21.4 Å². The van der Waals surface area contributed by atoms with E-state index in [9.17, 15) is 0 Å². The minimum Gasteiger partial charge on any atom is -0.492 e. The topological polar surface area (TPSA) is 39.9 Å². The summed E-state index contributed by atoms with van der Waals surface area (Å²) in [6, 6.07) is 3.89. The number of aryl methyl sites for hydroxylation is 1.